The van der Waals surface area contributed by atoms with Crippen molar-refractivity contribution in [2.45, 2.75) is 45.2 Å². The average Bonchev–Trinajstić information content (AvgIpc) is 2.86. The molecule has 2 aromatic carbocycles. The van der Waals surface area contributed by atoms with E-state index in [-0.39, 0.29) is 29.7 Å². The number of rotatable bonds is 8. The zero-order chi connectivity index (χ0) is 24.7. The Morgan fingerprint density at radius 1 is 1.06 bits per heavy atom. The molecule has 8 heteroatoms. The molecule has 0 spiro atoms. The van der Waals surface area contributed by atoms with Crippen LogP contribution in [0.5, 0.6) is 5.75 Å². The summed E-state index contributed by atoms with van der Waals surface area (Å²) in [6, 6.07) is 11.6. The summed E-state index contributed by atoms with van der Waals surface area (Å²) in [5, 5.41) is 5.88. The van der Waals surface area contributed by atoms with Gasteiger partial charge in [0.05, 0.1) is 7.11 Å². The molecule has 1 saturated heterocycles. The van der Waals surface area contributed by atoms with Gasteiger partial charge < -0.3 is 20.3 Å². The number of hydrogen-bond acceptors (Lipinski definition) is 4. The molecule has 182 valence electrons. The molecule has 2 N–H and O–H groups in total. The number of carbonyl (C=O) groups excluding carboxylic acids is 3. The third-order valence-corrected chi connectivity index (χ3v) is 6.29. The Morgan fingerprint density at radius 2 is 1.74 bits per heavy atom. The van der Waals surface area contributed by atoms with Crippen LogP contribution in [0.1, 0.15) is 53.8 Å². The van der Waals surface area contributed by atoms with Crippen molar-refractivity contribution in [1.82, 2.24) is 15.5 Å². The topological polar surface area (TPSA) is 87.7 Å². The monoisotopic (exact) mass is 469 g/mol. The number of nitrogens with one attached hydrogen (secondary N) is 2. The number of carbonyl (C=O) groups is 3. The fourth-order valence-corrected chi connectivity index (χ4v) is 4.04. The number of methoxy groups -OCH3 is 1. The van der Waals surface area contributed by atoms with Crippen molar-refractivity contribution < 1.29 is 23.5 Å². The van der Waals surface area contributed by atoms with E-state index in [2.05, 4.69) is 10.6 Å². The number of likely N-dealkylation sites (tertiary alicyclic amines) is 1. The molecule has 0 aliphatic carbocycles. The van der Waals surface area contributed by atoms with Crippen LogP contribution in [0.4, 0.5) is 4.39 Å². The molecule has 1 fully saturated rings. The van der Waals surface area contributed by atoms with Crippen LogP contribution in [0.2, 0.25) is 0 Å². The van der Waals surface area contributed by atoms with Gasteiger partial charge in [0.25, 0.3) is 11.8 Å². The Hall–Kier alpha value is -3.42. The number of amides is 3. The Labute approximate surface area is 199 Å². The van der Waals surface area contributed by atoms with Crippen LogP contribution in [0.3, 0.4) is 0 Å². The first-order valence-electron chi connectivity index (χ1n) is 11.6. The summed E-state index contributed by atoms with van der Waals surface area (Å²) in [5.41, 5.74) is 0.734. The number of ether oxygens (including phenoxy) is 1. The molecule has 1 aliphatic rings. The van der Waals surface area contributed by atoms with Gasteiger partial charge in [-0.25, -0.2) is 4.39 Å². The lowest BCUT2D eigenvalue weighted by Crippen LogP contribution is -2.55. The Bertz CT molecular complexity index is 1000. The lowest BCUT2D eigenvalue weighted by molar-refractivity contribution is -0.125. The number of hydrogen-bond donors (Lipinski definition) is 2. The van der Waals surface area contributed by atoms with Crippen molar-refractivity contribution in [2.24, 2.45) is 5.92 Å². The number of benzene rings is 2. The van der Waals surface area contributed by atoms with E-state index < -0.39 is 11.9 Å². The van der Waals surface area contributed by atoms with Crippen LogP contribution in [-0.4, -0.2) is 54.9 Å². The van der Waals surface area contributed by atoms with Gasteiger partial charge in [0.15, 0.2) is 0 Å². The minimum atomic E-state index is -0.727. The fourth-order valence-electron chi connectivity index (χ4n) is 4.04. The number of piperidine rings is 1. The minimum absolute atomic E-state index is 0.0254. The smallest absolute Gasteiger partial charge is 0.253 e. The van der Waals surface area contributed by atoms with Gasteiger partial charge >= 0.3 is 0 Å². The molecule has 0 aromatic heterocycles. The highest BCUT2D eigenvalue weighted by Crippen LogP contribution is 2.23. The molecule has 0 radical (unpaired) electrons. The average molecular weight is 470 g/mol. The quantitative estimate of drug-likeness (QED) is 0.620. The van der Waals surface area contributed by atoms with Crippen LogP contribution in [0.15, 0.2) is 48.5 Å². The molecule has 2 aromatic rings. The Morgan fingerprint density at radius 3 is 2.32 bits per heavy atom. The first-order valence-corrected chi connectivity index (χ1v) is 11.6. The minimum Gasteiger partial charge on any atom is -0.497 e. The van der Waals surface area contributed by atoms with Crippen LogP contribution < -0.4 is 15.4 Å². The van der Waals surface area contributed by atoms with Gasteiger partial charge in [-0.15, -0.1) is 0 Å². The van der Waals surface area contributed by atoms with Crippen molar-refractivity contribution in [1.29, 1.82) is 0 Å². The molecule has 1 heterocycles. The lowest BCUT2D eigenvalue weighted by Gasteiger charge is -2.36. The second-order valence-electron chi connectivity index (χ2n) is 8.64. The molecule has 3 rings (SSSR count). The maximum Gasteiger partial charge on any atom is 0.253 e. The predicted octanol–water partition coefficient (Wildman–Crippen LogP) is 3.40. The largest absolute Gasteiger partial charge is 0.497 e. The first-order chi connectivity index (χ1) is 16.3. The molecule has 0 saturated carbocycles. The van der Waals surface area contributed by atoms with Gasteiger partial charge in [-0.3, -0.25) is 14.4 Å². The second-order valence-corrected chi connectivity index (χ2v) is 8.64. The number of nitrogens with zero attached hydrogens (tertiary/aromatic N) is 1. The van der Waals surface area contributed by atoms with Crippen LogP contribution in [0.25, 0.3) is 0 Å². The third kappa shape index (κ3) is 6.34. The van der Waals surface area contributed by atoms with Crippen LogP contribution in [-0.2, 0) is 4.79 Å². The molecule has 0 unspecified atom stereocenters. The summed E-state index contributed by atoms with van der Waals surface area (Å²) in [6.45, 7) is 4.74. The summed E-state index contributed by atoms with van der Waals surface area (Å²) in [7, 11) is 1.55. The Balaban J connectivity index is 1.70. The summed E-state index contributed by atoms with van der Waals surface area (Å²) < 4.78 is 18.7. The molecule has 1 aliphatic heterocycles. The van der Waals surface area contributed by atoms with E-state index in [4.69, 9.17) is 4.74 Å². The zero-order valence-corrected chi connectivity index (χ0v) is 19.8. The molecule has 34 heavy (non-hydrogen) atoms. The van der Waals surface area contributed by atoms with Gasteiger partial charge in [0.2, 0.25) is 5.91 Å². The maximum absolute atomic E-state index is 13.5. The second kappa shape index (κ2) is 11.6. The lowest BCUT2D eigenvalue weighted by atomic mass is 9.88. The van der Waals surface area contributed by atoms with Gasteiger partial charge in [0, 0.05) is 30.3 Å². The van der Waals surface area contributed by atoms with E-state index in [1.807, 2.05) is 13.8 Å². The van der Waals surface area contributed by atoms with Crippen molar-refractivity contribution in [2.75, 3.05) is 20.2 Å². The molecule has 0 bridgehead atoms. The van der Waals surface area contributed by atoms with E-state index in [1.54, 1.807) is 42.3 Å². The number of halogens is 1. The molecule has 7 nitrogen and oxygen atoms in total. The van der Waals surface area contributed by atoms with E-state index in [0.29, 0.717) is 42.8 Å². The third-order valence-electron chi connectivity index (χ3n) is 6.29. The summed E-state index contributed by atoms with van der Waals surface area (Å²) in [5.74, 6) is -0.762. The van der Waals surface area contributed by atoms with Gasteiger partial charge in [-0.05, 0) is 74.6 Å². The molecular weight excluding hydrogens is 437 g/mol. The summed E-state index contributed by atoms with van der Waals surface area (Å²) >= 11 is 0. The summed E-state index contributed by atoms with van der Waals surface area (Å²) in [6.07, 6.45) is 1.86. The maximum atomic E-state index is 13.5. The zero-order valence-electron chi connectivity index (χ0n) is 19.8. The van der Waals surface area contributed by atoms with Crippen molar-refractivity contribution in [3.63, 3.8) is 0 Å². The van der Waals surface area contributed by atoms with E-state index in [9.17, 15) is 18.8 Å². The highest BCUT2D eigenvalue weighted by molar-refractivity contribution is 5.98. The highest BCUT2D eigenvalue weighted by Gasteiger charge is 2.34. The van der Waals surface area contributed by atoms with Crippen LogP contribution in [0, 0.1) is 11.7 Å². The van der Waals surface area contributed by atoms with Gasteiger partial charge in [-0.2, -0.15) is 0 Å². The van der Waals surface area contributed by atoms with E-state index in [1.165, 1.54) is 18.2 Å². The predicted molar refractivity (Wildman–Crippen MR) is 127 cm³/mol. The fraction of sp³-hybridized carbons (Fsp3) is 0.423. The van der Waals surface area contributed by atoms with Gasteiger partial charge in [-0.1, -0.05) is 13.0 Å². The van der Waals surface area contributed by atoms with Crippen LogP contribution >= 0.6 is 0 Å². The van der Waals surface area contributed by atoms with Gasteiger partial charge in [0.1, 0.15) is 17.6 Å². The van der Waals surface area contributed by atoms with Crippen molar-refractivity contribution in [3.8, 4) is 5.75 Å². The summed E-state index contributed by atoms with van der Waals surface area (Å²) in [4.78, 5) is 40.4. The molecule has 2 atom stereocenters. The molecular formula is C26H32FN3O4. The van der Waals surface area contributed by atoms with E-state index >= 15 is 0 Å². The van der Waals surface area contributed by atoms with E-state index in [0.717, 1.165) is 6.42 Å². The van der Waals surface area contributed by atoms with Crippen molar-refractivity contribution >= 4 is 17.7 Å². The Kier molecular flexibility index (Phi) is 8.62. The normalized spacial score (nSPS) is 15.8. The SMILES string of the molecule is CC[C@@H](C)NC(=O)[C@@H](NC(=O)c1ccc(OC)cc1)C1CCN(C(=O)c2cccc(F)c2)CC1. The first kappa shape index (κ1) is 25.2. The standard InChI is InChI=1S/C26H32FN3O4/c1-4-17(2)28-25(32)23(29-24(31)19-8-10-22(34-3)11-9-19)18-12-14-30(15-13-18)26(33)20-6-5-7-21(27)16-20/h5-11,16-18,23H,4,12-15H2,1-3H3,(H,28,32)(H,29,31)/t17-,23+/m1/s1. The highest BCUT2D eigenvalue weighted by atomic mass is 19.1. The molecule has 3 amide bonds. The van der Waals surface area contributed by atoms with Crippen molar-refractivity contribution in [3.05, 3.63) is 65.5 Å².